The fourth-order valence-corrected chi connectivity index (χ4v) is 2.10. The van der Waals surface area contributed by atoms with Gasteiger partial charge in [-0.25, -0.2) is 0 Å². The number of pyridine rings is 1. The number of rotatable bonds is 4. The SMILES string of the molecule is Cc1nn(C)c(C)c1CN[C@@H](C)c1ccncc1. The van der Waals surface area contributed by atoms with Crippen LogP contribution in [0.25, 0.3) is 0 Å². The van der Waals surface area contributed by atoms with Crippen molar-refractivity contribution in [3.05, 3.63) is 47.0 Å². The number of nitrogens with zero attached hydrogens (tertiary/aromatic N) is 3. The summed E-state index contributed by atoms with van der Waals surface area (Å²) in [5, 5.41) is 7.96. The summed E-state index contributed by atoms with van der Waals surface area (Å²) in [7, 11) is 1.98. The van der Waals surface area contributed by atoms with E-state index in [2.05, 4.69) is 36.2 Å². The summed E-state index contributed by atoms with van der Waals surface area (Å²) >= 11 is 0. The molecule has 96 valence electrons. The zero-order valence-electron chi connectivity index (χ0n) is 11.4. The van der Waals surface area contributed by atoms with E-state index in [1.165, 1.54) is 16.8 Å². The number of hydrogen-bond donors (Lipinski definition) is 1. The van der Waals surface area contributed by atoms with E-state index in [1.807, 2.05) is 36.3 Å². The Hall–Kier alpha value is -1.68. The average Bonchev–Trinajstić information content (AvgIpc) is 2.62. The number of aromatic nitrogens is 3. The highest BCUT2D eigenvalue weighted by Crippen LogP contribution is 2.15. The molecule has 0 unspecified atom stereocenters. The van der Waals surface area contributed by atoms with Gasteiger partial charge >= 0.3 is 0 Å². The first kappa shape index (κ1) is 12.8. The van der Waals surface area contributed by atoms with Gasteiger partial charge in [0.15, 0.2) is 0 Å². The third kappa shape index (κ3) is 2.59. The second-order valence-corrected chi connectivity index (χ2v) is 4.66. The van der Waals surface area contributed by atoms with Crippen molar-refractivity contribution in [2.45, 2.75) is 33.4 Å². The second kappa shape index (κ2) is 5.31. The minimum absolute atomic E-state index is 0.312. The predicted octanol–water partition coefficient (Wildman–Crippen LogP) is 2.28. The molecule has 18 heavy (non-hydrogen) atoms. The van der Waals surface area contributed by atoms with Gasteiger partial charge in [0.05, 0.1) is 5.69 Å². The lowest BCUT2D eigenvalue weighted by Crippen LogP contribution is -2.18. The molecule has 1 atom stereocenters. The van der Waals surface area contributed by atoms with Gasteiger partial charge in [-0.1, -0.05) is 0 Å². The summed E-state index contributed by atoms with van der Waals surface area (Å²) in [5.41, 5.74) is 4.87. The molecule has 0 aliphatic carbocycles. The average molecular weight is 244 g/mol. The fourth-order valence-electron chi connectivity index (χ4n) is 2.10. The number of aryl methyl sites for hydroxylation is 2. The Labute approximate surface area is 108 Å². The third-order valence-electron chi connectivity index (χ3n) is 3.45. The summed E-state index contributed by atoms with van der Waals surface area (Å²) in [6, 6.07) is 4.40. The van der Waals surface area contributed by atoms with Crippen LogP contribution in [0.2, 0.25) is 0 Å². The van der Waals surface area contributed by atoms with Crippen molar-refractivity contribution in [1.29, 1.82) is 0 Å². The maximum atomic E-state index is 4.43. The Balaban J connectivity index is 2.04. The molecule has 1 N–H and O–H groups in total. The molecule has 0 spiro atoms. The highest BCUT2D eigenvalue weighted by Gasteiger charge is 2.11. The van der Waals surface area contributed by atoms with Crippen LogP contribution < -0.4 is 5.32 Å². The number of hydrogen-bond acceptors (Lipinski definition) is 3. The Morgan fingerprint density at radius 1 is 1.28 bits per heavy atom. The summed E-state index contributed by atoms with van der Waals surface area (Å²) < 4.78 is 1.93. The molecule has 0 amide bonds. The zero-order chi connectivity index (χ0) is 13.1. The minimum Gasteiger partial charge on any atom is -0.306 e. The Bertz CT molecular complexity index is 516. The molecule has 0 aromatic carbocycles. The fraction of sp³-hybridized carbons (Fsp3) is 0.429. The number of nitrogens with one attached hydrogen (secondary N) is 1. The quantitative estimate of drug-likeness (QED) is 0.897. The summed E-state index contributed by atoms with van der Waals surface area (Å²) in [6.45, 7) is 7.17. The monoisotopic (exact) mass is 244 g/mol. The maximum absolute atomic E-state index is 4.43. The van der Waals surface area contributed by atoms with Crippen LogP contribution in [0, 0.1) is 13.8 Å². The topological polar surface area (TPSA) is 42.7 Å². The Morgan fingerprint density at radius 3 is 2.50 bits per heavy atom. The van der Waals surface area contributed by atoms with Gasteiger partial charge in [0.2, 0.25) is 0 Å². The molecule has 2 aromatic heterocycles. The van der Waals surface area contributed by atoms with Gasteiger partial charge in [0.25, 0.3) is 0 Å². The summed E-state index contributed by atoms with van der Waals surface area (Å²) in [4.78, 5) is 4.04. The molecule has 0 radical (unpaired) electrons. The van der Waals surface area contributed by atoms with E-state index in [-0.39, 0.29) is 0 Å². The van der Waals surface area contributed by atoms with Gasteiger partial charge in [-0.3, -0.25) is 9.67 Å². The molecule has 2 rings (SSSR count). The van der Waals surface area contributed by atoms with E-state index in [9.17, 15) is 0 Å². The van der Waals surface area contributed by atoms with Gasteiger partial charge in [-0.2, -0.15) is 5.10 Å². The van der Waals surface area contributed by atoms with Crippen LogP contribution in [0.3, 0.4) is 0 Å². The molecule has 0 aliphatic heterocycles. The predicted molar refractivity (Wildman–Crippen MR) is 72.2 cm³/mol. The first-order chi connectivity index (χ1) is 8.59. The maximum Gasteiger partial charge on any atom is 0.0641 e. The molecule has 0 aliphatic rings. The lowest BCUT2D eigenvalue weighted by atomic mass is 10.1. The van der Waals surface area contributed by atoms with Crippen LogP contribution in [-0.4, -0.2) is 14.8 Å². The van der Waals surface area contributed by atoms with Gasteiger partial charge in [0, 0.05) is 43.3 Å². The Morgan fingerprint density at radius 2 is 1.94 bits per heavy atom. The molecule has 0 bridgehead atoms. The smallest absolute Gasteiger partial charge is 0.0641 e. The second-order valence-electron chi connectivity index (χ2n) is 4.66. The van der Waals surface area contributed by atoms with E-state index >= 15 is 0 Å². The van der Waals surface area contributed by atoms with Gasteiger partial charge in [-0.05, 0) is 38.5 Å². The van der Waals surface area contributed by atoms with Gasteiger partial charge in [0.1, 0.15) is 0 Å². The summed E-state index contributed by atoms with van der Waals surface area (Å²) in [5.74, 6) is 0. The third-order valence-corrected chi connectivity index (χ3v) is 3.45. The molecule has 4 nitrogen and oxygen atoms in total. The molecule has 2 aromatic rings. The highest BCUT2D eigenvalue weighted by molar-refractivity contribution is 5.24. The van der Waals surface area contributed by atoms with Crippen LogP contribution in [0.1, 0.15) is 35.5 Å². The Kier molecular flexibility index (Phi) is 3.77. The van der Waals surface area contributed by atoms with Crippen molar-refractivity contribution >= 4 is 0 Å². The largest absolute Gasteiger partial charge is 0.306 e. The zero-order valence-corrected chi connectivity index (χ0v) is 11.4. The molecular weight excluding hydrogens is 224 g/mol. The minimum atomic E-state index is 0.312. The van der Waals surface area contributed by atoms with Crippen LogP contribution >= 0.6 is 0 Å². The lowest BCUT2D eigenvalue weighted by Gasteiger charge is -2.14. The van der Waals surface area contributed by atoms with Crippen molar-refractivity contribution in [2.24, 2.45) is 7.05 Å². The highest BCUT2D eigenvalue weighted by atomic mass is 15.3. The van der Waals surface area contributed by atoms with Crippen molar-refractivity contribution in [2.75, 3.05) is 0 Å². The van der Waals surface area contributed by atoms with E-state index in [0.717, 1.165) is 12.2 Å². The molecule has 0 saturated carbocycles. The molecule has 0 saturated heterocycles. The van der Waals surface area contributed by atoms with Crippen LogP contribution in [0.4, 0.5) is 0 Å². The van der Waals surface area contributed by atoms with Crippen molar-refractivity contribution in [1.82, 2.24) is 20.1 Å². The van der Waals surface area contributed by atoms with E-state index in [4.69, 9.17) is 0 Å². The van der Waals surface area contributed by atoms with E-state index in [0.29, 0.717) is 6.04 Å². The standard InChI is InChI=1S/C14H20N4/c1-10(13-5-7-15-8-6-13)16-9-14-11(2)17-18(4)12(14)3/h5-8,10,16H,9H2,1-4H3/t10-/m0/s1. The van der Waals surface area contributed by atoms with Crippen molar-refractivity contribution < 1.29 is 0 Å². The summed E-state index contributed by atoms with van der Waals surface area (Å²) in [6.07, 6.45) is 3.65. The van der Waals surface area contributed by atoms with Gasteiger partial charge < -0.3 is 5.32 Å². The first-order valence-corrected chi connectivity index (χ1v) is 6.22. The van der Waals surface area contributed by atoms with Crippen LogP contribution in [0.5, 0.6) is 0 Å². The van der Waals surface area contributed by atoms with E-state index in [1.54, 1.807) is 0 Å². The van der Waals surface area contributed by atoms with Crippen LogP contribution in [0.15, 0.2) is 24.5 Å². The van der Waals surface area contributed by atoms with Crippen molar-refractivity contribution in [3.8, 4) is 0 Å². The molecular formula is C14H20N4. The lowest BCUT2D eigenvalue weighted by molar-refractivity contribution is 0.571. The van der Waals surface area contributed by atoms with Crippen LogP contribution in [-0.2, 0) is 13.6 Å². The van der Waals surface area contributed by atoms with Gasteiger partial charge in [-0.15, -0.1) is 0 Å². The van der Waals surface area contributed by atoms with Crippen molar-refractivity contribution in [3.63, 3.8) is 0 Å². The molecule has 2 heterocycles. The van der Waals surface area contributed by atoms with E-state index < -0.39 is 0 Å². The molecule has 4 heteroatoms. The normalized spacial score (nSPS) is 12.7. The first-order valence-electron chi connectivity index (χ1n) is 6.22. The molecule has 0 fully saturated rings.